The predicted molar refractivity (Wildman–Crippen MR) is 113 cm³/mol. The molecule has 0 unspecified atom stereocenters. The minimum absolute atomic E-state index is 0.117. The van der Waals surface area contributed by atoms with Gasteiger partial charge in [-0.15, -0.1) is 10.2 Å². The van der Waals surface area contributed by atoms with E-state index in [1.807, 2.05) is 12.1 Å². The molecule has 10 heteroatoms. The largest absolute Gasteiger partial charge is 0.351 e. The van der Waals surface area contributed by atoms with Crippen LogP contribution in [0.1, 0.15) is 5.56 Å². The lowest BCUT2D eigenvalue weighted by atomic mass is 10.2. The number of amides is 1. The van der Waals surface area contributed by atoms with E-state index in [2.05, 4.69) is 15.5 Å². The van der Waals surface area contributed by atoms with Crippen molar-refractivity contribution in [3.8, 4) is 5.69 Å². The van der Waals surface area contributed by atoms with Crippen LogP contribution in [-0.2, 0) is 11.3 Å². The quantitative estimate of drug-likeness (QED) is 0.463. The summed E-state index contributed by atoms with van der Waals surface area (Å²) in [6, 6.07) is 12.8. The second kappa shape index (κ2) is 8.68. The lowest BCUT2D eigenvalue weighted by Crippen LogP contribution is -2.24. The summed E-state index contributed by atoms with van der Waals surface area (Å²) in [5.74, 6) is -0.440. The van der Waals surface area contributed by atoms with Crippen molar-refractivity contribution in [3.05, 3.63) is 87.7 Å². The number of carbonyl (C=O) groups excluding carboxylic acids is 1. The Bertz CT molecular complexity index is 1260. The number of aromatic nitrogens is 4. The average Bonchev–Trinajstić information content (AvgIpc) is 3.17. The smallest absolute Gasteiger partial charge is 0.300 e. The van der Waals surface area contributed by atoms with Crippen molar-refractivity contribution in [2.24, 2.45) is 0 Å². The molecule has 4 aromatic rings. The number of halogens is 2. The molecule has 0 aliphatic carbocycles. The highest BCUT2D eigenvalue weighted by Gasteiger charge is 2.13. The molecule has 7 nitrogen and oxygen atoms in total. The highest BCUT2D eigenvalue weighted by atomic mass is 35.5. The zero-order chi connectivity index (χ0) is 21.1. The third-order valence-corrected chi connectivity index (χ3v) is 5.47. The number of nitrogens with one attached hydrogen (secondary N) is 1. The summed E-state index contributed by atoms with van der Waals surface area (Å²) < 4.78 is 16.0. The van der Waals surface area contributed by atoms with E-state index < -0.39 is 5.56 Å². The van der Waals surface area contributed by atoms with Crippen LogP contribution in [0, 0.1) is 5.82 Å². The molecule has 2 aromatic heterocycles. The van der Waals surface area contributed by atoms with Gasteiger partial charge in [0.25, 0.3) is 0 Å². The Morgan fingerprint density at radius 1 is 1.07 bits per heavy atom. The Morgan fingerprint density at radius 3 is 2.53 bits per heavy atom. The van der Waals surface area contributed by atoms with E-state index in [1.165, 1.54) is 45.0 Å². The van der Waals surface area contributed by atoms with Crippen molar-refractivity contribution in [2.75, 3.05) is 5.75 Å². The maximum atomic E-state index is 13.1. The fraction of sp³-hybridized carbons (Fsp3) is 0.100. The molecule has 2 heterocycles. The van der Waals surface area contributed by atoms with Crippen LogP contribution in [0.15, 0.2) is 70.9 Å². The van der Waals surface area contributed by atoms with Gasteiger partial charge in [0.1, 0.15) is 5.82 Å². The van der Waals surface area contributed by atoms with Crippen LogP contribution in [0.2, 0.25) is 5.02 Å². The molecule has 0 fully saturated rings. The number of hydrogen-bond donors (Lipinski definition) is 1. The molecule has 0 aliphatic heterocycles. The van der Waals surface area contributed by atoms with Crippen LogP contribution in [0.5, 0.6) is 0 Å². The molecule has 0 aliphatic rings. The lowest BCUT2D eigenvalue weighted by molar-refractivity contribution is -0.118. The molecule has 2 aromatic carbocycles. The summed E-state index contributed by atoms with van der Waals surface area (Å²) in [7, 11) is 0. The van der Waals surface area contributed by atoms with Gasteiger partial charge in [0.05, 0.1) is 5.75 Å². The number of carbonyl (C=O) groups is 1. The number of fused-ring (bicyclic) bond motifs is 1. The van der Waals surface area contributed by atoms with Crippen molar-refractivity contribution < 1.29 is 9.18 Å². The van der Waals surface area contributed by atoms with Crippen LogP contribution in [0.3, 0.4) is 0 Å². The molecule has 1 amide bonds. The summed E-state index contributed by atoms with van der Waals surface area (Å²) in [5.41, 5.74) is 1.18. The number of hydrogen-bond acceptors (Lipinski definition) is 5. The van der Waals surface area contributed by atoms with Crippen molar-refractivity contribution in [1.29, 1.82) is 0 Å². The summed E-state index contributed by atoms with van der Waals surface area (Å²) in [4.78, 5) is 24.8. The summed E-state index contributed by atoms with van der Waals surface area (Å²) in [6.07, 6.45) is 3.19. The summed E-state index contributed by atoms with van der Waals surface area (Å²) >= 11 is 7.02. The first-order chi connectivity index (χ1) is 14.5. The second-order valence-electron chi connectivity index (χ2n) is 6.32. The Kier molecular flexibility index (Phi) is 5.82. The fourth-order valence-corrected chi connectivity index (χ4v) is 3.63. The van der Waals surface area contributed by atoms with Gasteiger partial charge in [-0.3, -0.25) is 18.6 Å². The Hall–Kier alpha value is -3.17. The standard InChI is InChI=1S/C20H15ClFN5O2S/c21-14-3-1-13(2-4-14)11-23-17(28)12-30-20-25-24-18-19(29)26(9-10-27(18)20)16-7-5-15(22)6-8-16/h1-10H,11-12H2,(H,23,28). The molecule has 0 saturated carbocycles. The average molecular weight is 444 g/mol. The molecule has 4 rings (SSSR count). The maximum Gasteiger partial charge on any atom is 0.300 e. The summed E-state index contributed by atoms with van der Waals surface area (Å²) in [5, 5.41) is 11.8. The minimum atomic E-state index is -0.393. The SMILES string of the molecule is O=C(CSc1nnc2c(=O)n(-c3ccc(F)cc3)ccn12)NCc1ccc(Cl)cc1. The third-order valence-electron chi connectivity index (χ3n) is 4.28. The lowest BCUT2D eigenvalue weighted by Gasteiger charge is -2.07. The van der Waals surface area contributed by atoms with Crippen molar-refractivity contribution in [2.45, 2.75) is 11.7 Å². The first-order valence-corrected chi connectivity index (χ1v) is 10.2. The van der Waals surface area contributed by atoms with E-state index in [1.54, 1.807) is 24.5 Å². The molecule has 30 heavy (non-hydrogen) atoms. The van der Waals surface area contributed by atoms with Crippen LogP contribution in [-0.4, -0.2) is 30.8 Å². The van der Waals surface area contributed by atoms with Crippen molar-refractivity contribution in [3.63, 3.8) is 0 Å². The number of nitrogens with zero attached hydrogens (tertiary/aromatic N) is 4. The monoisotopic (exact) mass is 443 g/mol. The molecule has 1 N–H and O–H groups in total. The van der Waals surface area contributed by atoms with E-state index in [9.17, 15) is 14.0 Å². The second-order valence-corrected chi connectivity index (χ2v) is 7.70. The Morgan fingerprint density at radius 2 is 1.80 bits per heavy atom. The molecule has 0 atom stereocenters. The highest BCUT2D eigenvalue weighted by molar-refractivity contribution is 7.99. The molecule has 0 bridgehead atoms. The van der Waals surface area contributed by atoms with Crippen LogP contribution < -0.4 is 10.9 Å². The van der Waals surface area contributed by atoms with Crippen LogP contribution in [0.25, 0.3) is 11.3 Å². The van der Waals surface area contributed by atoms with Crippen molar-refractivity contribution >= 4 is 34.9 Å². The normalized spacial score (nSPS) is 11.0. The van der Waals surface area contributed by atoms with Gasteiger partial charge in [-0.05, 0) is 42.0 Å². The van der Waals surface area contributed by atoms with E-state index in [4.69, 9.17) is 11.6 Å². The van der Waals surface area contributed by atoms with E-state index in [0.29, 0.717) is 22.4 Å². The molecule has 0 spiro atoms. The highest BCUT2D eigenvalue weighted by Crippen LogP contribution is 2.16. The van der Waals surface area contributed by atoms with Crippen LogP contribution in [0.4, 0.5) is 4.39 Å². The van der Waals surface area contributed by atoms with Gasteiger partial charge in [-0.1, -0.05) is 35.5 Å². The Balaban J connectivity index is 1.44. The topological polar surface area (TPSA) is 81.3 Å². The van der Waals surface area contributed by atoms with E-state index >= 15 is 0 Å². The Labute approximate surface area is 179 Å². The number of rotatable bonds is 6. The molecular weight excluding hydrogens is 429 g/mol. The molecule has 152 valence electrons. The van der Waals surface area contributed by atoms with Gasteiger partial charge in [-0.25, -0.2) is 4.39 Å². The van der Waals surface area contributed by atoms with E-state index in [0.717, 1.165) is 5.56 Å². The first-order valence-electron chi connectivity index (χ1n) is 8.87. The minimum Gasteiger partial charge on any atom is -0.351 e. The zero-order valence-corrected chi connectivity index (χ0v) is 17.0. The summed E-state index contributed by atoms with van der Waals surface area (Å²) in [6.45, 7) is 0.388. The third kappa shape index (κ3) is 4.37. The van der Waals surface area contributed by atoms with Crippen molar-refractivity contribution in [1.82, 2.24) is 24.5 Å². The fourth-order valence-electron chi connectivity index (χ4n) is 2.75. The van der Waals surface area contributed by atoms with Gasteiger partial charge in [-0.2, -0.15) is 0 Å². The first kappa shape index (κ1) is 20.1. The van der Waals surface area contributed by atoms with Gasteiger partial charge in [0.15, 0.2) is 5.16 Å². The molecule has 0 saturated heterocycles. The predicted octanol–water partition coefficient (Wildman–Crippen LogP) is 3.08. The number of benzene rings is 2. The number of thioether (sulfide) groups is 1. The zero-order valence-electron chi connectivity index (χ0n) is 15.5. The van der Waals surface area contributed by atoms with Gasteiger partial charge >= 0.3 is 5.56 Å². The van der Waals surface area contributed by atoms with Gasteiger partial charge in [0.2, 0.25) is 11.6 Å². The molecule has 0 radical (unpaired) electrons. The van der Waals surface area contributed by atoms with E-state index in [-0.39, 0.29) is 23.1 Å². The maximum absolute atomic E-state index is 13.1. The van der Waals surface area contributed by atoms with Crippen LogP contribution >= 0.6 is 23.4 Å². The molecular formula is C20H15ClFN5O2S. The van der Waals surface area contributed by atoms with Gasteiger partial charge < -0.3 is 5.32 Å². The van der Waals surface area contributed by atoms with Gasteiger partial charge in [0, 0.05) is 29.6 Å².